The Bertz CT molecular complexity index is 410. The molecule has 0 aliphatic carbocycles. The molecule has 2 heteroatoms. The molecule has 0 aliphatic heterocycles. The summed E-state index contributed by atoms with van der Waals surface area (Å²) in [4.78, 5) is 3.24. The monoisotopic (exact) mass is 185 g/mol. The molecule has 0 fully saturated rings. The highest BCUT2D eigenvalue weighted by molar-refractivity contribution is 5.53. The van der Waals surface area contributed by atoms with Crippen LogP contribution in [0.15, 0.2) is 48.5 Å². The number of hydrogen-bond donors (Lipinski definition) is 1. The average molecular weight is 185 g/mol. The molecule has 0 amide bonds. The summed E-state index contributed by atoms with van der Waals surface area (Å²) in [5, 5.41) is 3.29. The maximum absolute atomic E-state index is 3.29. The lowest BCUT2D eigenvalue weighted by Crippen LogP contribution is -2.12. The van der Waals surface area contributed by atoms with E-state index in [2.05, 4.69) is 10.3 Å². The van der Waals surface area contributed by atoms with Gasteiger partial charge in [0.05, 0.1) is 5.69 Å². The van der Waals surface area contributed by atoms with E-state index >= 15 is 0 Å². The third kappa shape index (κ3) is 2.10. The van der Waals surface area contributed by atoms with Crippen LogP contribution in [0, 0.1) is 6.92 Å². The second-order valence-corrected chi connectivity index (χ2v) is 3.24. The highest BCUT2D eigenvalue weighted by Crippen LogP contribution is 2.10. The van der Waals surface area contributed by atoms with Crippen molar-refractivity contribution in [2.45, 2.75) is 6.92 Å². The number of benzene rings is 1. The first-order valence-corrected chi connectivity index (χ1v) is 4.65. The predicted octanol–water partition coefficient (Wildman–Crippen LogP) is 2.55. The van der Waals surface area contributed by atoms with Crippen LogP contribution in [-0.4, -0.2) is 0 Å². The van der Waals surface area contributed by atoms with E-state index in [-0.39, 0.29) is 0 Å². The fourth-order valence-electron chi connectivity index (χ4n) is 1.33. The number of anilines is 2. The standard InChI is InChI=1S/C12H12N2/c1-10-6-5-9-12(13-10)14-11-7-3-2-4-8-11/h2-9H,1H3,(H,13,14)/p+1. The molecule has 1 aromatic heterocycles. The number of H-pyrrole nitrogens is 1. The third-order valence-corrected chi connectivity index (χ3v) is 1.99. The van der Waals surface area contributed by atoms with Crippen LogP contribution in [0.2, 0.25) is 0 Å². The lowest BCUT2D eigenvalue weighted by Gasteiger charge is -1.98. The van der Waals surface area contributed by atoms with Gasteiger partial charge in [-0.25, -0.2) is 10.3 Å². The van der Waals surface area contributed by atoms with Crippen molar-refractivity contribution in [3.63, 3.8) is 0 Å². The Kier molecular flexibility index (Phi) is 2.45. The van der Waals surface area contributed by atoms with Gasteiger partial charge in [-0.2, -0.15) is 0 Å². The molecule has 2 aromatic rings. The zero-order valence-corrected chi connectivity index (χ0v) is 8.12. The number of aromatic nitrogens is 1. The van der Waals surface area contributed by atoms with Crippen molar-refractivity contribution in [3.8, 4) is 0 Å². The first kappa shape index (κ1) is 8.75. The normalized spacial score (nSPS) is 9.79. The summed E-state index contributed by atoms with van der Waals surface area (Å²) in [6.45, 7) is 2.04. The number of nitrogens with one attached hydrogen (secondary N) is 2. The lowest BCUT2D eigenvalue weighted by atomic mass is 10.3. The van der Waals surface area contributed by atoms with E-state index in [1.807, 2.05) is 55.5 Å². The quantitative estimate of drug-likeness (QED) is 0.764. The van der Waals surface area contributed by atoms with Crippen LogP contribution in [0.1, 0.15) is 5.69 Å². The Labute approximate surface area is 83.6 Å². The molecular weight excluding hydrogens is 172 g/mol. The van der Waals surface area contributed by atoms with E-state index in [1.54, 1.807) is 0 Å². The zero-order valence-electron chi connectivity index (χ0n) is 8.12. The van der Waals surface area contributed by atoms with Crippen molar-refractivity contribution in [1.82, 2.24) is 0 Å². The molecule has 1 heterocycles. The maximum atomic E-state index is 3.29. The van der Waals surface area contributed by atoms with E-state index < -0.39 is 0 Å². The minimum atomic E-state index is 1.01. The number of rotatable bonds is 2. The van der Waals surface area contributed by atoms with Gasteiger partial charge in [0.15, 0.2) is 0 Å². The molecule has 0 aliphatic rings. The lowest BCUT2D eigenvalue weighted by molar-refractivity contribution is -0.370. The van der Waals surface area contributed by atoms with Crippen LogP contribution in [0.5, 0.6) is 0 Å². The summed E-state index contributed by atoms with van der Waals surface area (Å²) in [6, 6.07) is 16.2. The highest BCUT2D eigenvalue weighted by Gasteiger charge is 2.01. The maximum Gasteiger partial charge on any atom is 0.277 e. The van der Waals surface area contributed by atoms with Crippen molar-refractivity contribution in [2.75, 3.05) is 5.32 Å². The van der Waals surface area contributed by atoms with E-state index in [0.29, 0.717) is 0 Å². The van der Waals surface area contributed by atoms with Gasteiger partial charge >= 0.3 is 0 Å². The molecule has 0 bridgehead atoms. The Hall–Kier alpha value is -1.83. The van der Waals surface area contributed by atoms with Gasteiger partial charge in [0, 0.05) is 6.07 Å². The van der Waals surface area contributed by atoms with E-state index in [9.17, 15) is 0 Å². The minimum Gasteiger partial charge on any atom is -0.245 e. The fraction of sp³-hybridized carbons (Fsp3) is 0.0833. The third-order valence-electron chi connectivity index (χ3n) is 1.99. The number of pyridine rings is 1. The van der Waals surface area contributed by atoms with Gasteiger partial charge in [0.25, 0.3) is 5.82 Å². The van der Waals surface area contributed by atoms with Crippen molar-refractivity contribution in [2.24, 2.45) is 0 Å². The summed E-state index contributed by atoms with van der Waals surface area (Å²) in [7, 11) is 0. The minimum absolute atomic E-state index is 1.01. The Morgan fingerprint density at radius 3 is 2.43 bits per heavy atom. The molecule has 1 aromatic carbocycles. The SMILES string of the molecule is Cc1cccc(Nc2ccccc2)[nH+]1. The van der Waals surface area contributed by atoms with Gasteiger partial charge in [-0.1, -0.05) is 24.3 Å². The van der Waals surface area contributed by atoms with Crippen molar-refractivity contribution in [3.05, 3.63) is 54.2 Å². The van der Waals surface area contributed by atoms with Crippen LogP contribution in [0.3, 0.4) is 0 Å². The van der Waals surface area contributed by atoms with Crippen LogP contribution in [0.4, 0.5) is 11.5 Å². The van der Waals surface area contributed by atoms with Crippen LogP contribution in [0.25, 0.3) is 0 Å². The molecule has 0 saturated carbocycles. The molecule has 70 valence electrons. The summed E-state index contributed by atoms with van der Waals surface area (Å²) >= 11 is 0. The van der Waals surface area contributed by atoms with Gasteiger partial charge < -0.3 is 0 Å². The molecular formula is C12H13N2+. The van der Waals surface area contributed by atoms with Gasteiger partial charge in [-0.05, 0) is 25.1 Å². The zero-order chi connectivity index (χ0) is 9.80. The van der Waals surface area contributed by atoms with Gasteiger partial charge in [0.1, 0.15) is 5.69 Å². The molecule has 0 radical (unpaired) electrons. The highest BCUT2D eigenvalue weighted by atomic mass is 15.0. The smallest absolute Gasteiger partial charge is 0.245 e. The van der Waals surface area contributed by atoms with Gasteiger partial charge in [-0.15, -0.1) is 0 Å². The van der Waals surface area contributed by atoms with Crippen LogP contribution >= 0.6 is 0 Å². The number of aryl methyl sites for hydroxylation is 1. The molecule has 0 atom stereocenters. The summed E-state index contributed by atoms with van der Waals surface area (Å²) in [5.74, 6) is 1.01. The summed E-state index contributed by atoms with van der Waals surface area (Å²) in [6.07, 6.45) is 0. The number of para-hydroxylation sites is 1. The topological polar surface area (TPSA) is 26.2 Å². The van der Waals surface area contributed by atoms with Gasteiger partial charge in [-0.3, -0.25) is 0 Å². The Balaban J connectivity index is 2.19. The van der Waals surface area contributed by atoms with E-state index in [0.717, 1.165) is 17.2 Å². The molecule has 0 spiro atoms. The Morgan fingerprint density at radius 1 is 0.929 bits per heavy atom. The molecule has 0 saturated heterocycles. The van der Waals surface area contributed by atoms with Gasteiger partial charge in [0.2, 0.25) is 0 Å². The number of aromatic amines is 1. The van der Waals surface area contributed by atoms with Crippen LogP contribution in [-0.2, 0) is 0 Å². The fourth-order valence-corrected chi connectivity index (χ4v) is 1.33. The molecule has 2 nitrogen and oxygen atoms in total. The first-order valence-electron chi connectivity index (χ1n) is 4.65. The van der Waals surface area contributed by atoms with E-state index in [4.69, 9.17) is 0 Å². The predicted molar refractivity (Wildman–Crippen MR) is 57.5 cm³/mol. The summed E-state index contributed by atoms with van der Waals surface area (Å²) in [5.41, 5.74) is 2.24. The summed E-state index contributed by atoms with van der Waals surface area (Å²) < 4.78 is 0. The first-order chi connectivity index (χ1) is 6.84. The molecule has 14 heavy (non-hydrogen) atoms. The second-order valence-electron chi connectivity index (χ2n) is 3.24. The van der Waals surface area contributed by atoms with E-state index in [1.165, 1.54) is 0 Å². The molecule has 2 N–H and O–H groups in total. The second kappa shape index (κ2) is 3.92. The van der Waals surface area contributed by atoms with Crippen LogP contribution < -0.4 is 10.3 Å². The largest absolute Gasteiger partial charge is 0.277 e. The molecule has 0 unspecified atom stereocenters. The molecule has 2 rings (SSSR count). The number of hydrogen-bond acceptors (Lipinski definition) is 1. The van der Waals surface area contributed by atoms with Crippen molar-refractivity contribution >= 4 is 11.5 Å². The van der Waals surface area contributed by atoms with Crippen molar-refractivity contribution < 1.29 is 4.98 Å². The van der Waals surface area contributed by atoms with Crippen molar-refractivity contribution in [1.29, 1.82) is 0 Å². The Morgan fingerprint density at radius 2 is 1.71 bits per heavy atom. The average Bonchev–Trinajstić information content (AvgIpc) is 2.19.